The molecular weight excluding hydrogens is 228 g/mol. The Hall–Kier alpha value is -1.71. The summed E-state index contributed by atoms with van der Waals surface area (Å²) in [4.78, 5) is 11.2. The first-order valence-electron chi connectivity index (χ1n) is 6.48. The Balaban J connectivity index is 2.24. The van der Waals surface area contributed by atoms with E-state index in [4.69, 9.17) is 5.73 Å². The van der Waals surface area contributed by atoms with Gasteiger partial charge in [-0.1, -0.05) is 25.8 Å². The van der Waals surface area contributed by atoms with Crippen LogP contribution in [0.4, 0.5) is 11.4 Å². The molecule has 1 aromatic rings. The topological polar surface area (TPSA) is 75.3 Å². The zero-order valence-corrected chi connectivity index (χ0v) is 10.6. The zero-order valence-electron chi connectivity index (χ0n) is 10.6. The summed E-state index contributed by atoms with van der Waals surface area (Å²) >= 11 is 0. The summed E-state index contributed by atoms with van der Waals surface area (Å²) < 4.78 is 0. The van der Waals surface area contributed by atoms with Crippen LogP contribution >= 0.6 is 0 Å². The van der Waals surface area contributed by atoms with E-state index in [1.54, 1.807) is 18.2 Å². The first-order valence-corrected chi connectivity index (χ1v) is 6.48. The van der Waals surface area contributed by atoms with Gasteiger partial charge < -0.3 is 16.2 Å². The summed E-state index contributed by atoms with van der Waals surface area (Å²) in [6.45, 7) is 2.20. The second-order valence-corrected chi connectivity index (χ2v) is 5.09. The van der Waals surface area contributed by atoms with E-state index >= 15 is 0 Å². The second kappa shape index (κ2) is 5.29. The van der Waals surface area contributed by atoms with Gasteiger partial charge in [0.15, 0.2) is 0 Å². The lowest BCUT2D eigenvalue weighted by Crippen LogP contribution is -2.31. The van der Waals surface area contributed by atoms with Crippen LogP contribution in [0.2, 0.25) is 0 Å². The van der Waals surface area contributed by atoms with Crippen LogP contribution in [-0.2, 0) is 0 Å². The zero-order chi connectivity index (χ0) is 13.1. The van der Waals surface area contributed by atoms with E-state index in [-0.39, 0.29) is 5.56 Å². The number of carboxylic acid groups (broad SMARTS) is 1. The molecule has 0 heterocycles. The minimum Gasteiger partial charge on any atom is -0.478 e. The van der Waals surface area contributed by atoms with Gasteiger partial charge in [0.05, 0.1) is 16.9 Å². The van der Waals surface area contributed by atoms with Crippen molar-refractivity contribution in [1.82, 2.24) is 0 Å². The van der Waals surface area contributed by atoms with Crippen LogP contribution in [0.3, 0.4) is 0 Å². The smallest absolute Gasteiger partial charge is 0.337 e. The van der Waals surface area contributed by atoms with Crippen LogP contribution in [0, 0.1) is 5.92 Å². The lowest BCUT2D eigenvalue weighted by molar-refractivity contribution is 0.0698. The molecule has 1 aromatic carbocycles. The molecule has 0 aliphatic heterocycles. The Kier molecular flexibility index (Phi) is 3.75. The van der Waals surface area contributed by atoms with Gasteiger partial charge in [-0.2, -0.15) is 0 Å². The summed E-state index contributed by atoms with van der Waals surface area (Å²) in [5.41, 5.74) is 7.23. The number of aromatic carboxylic acids is 1. The first kappa shape index (κ1) is 12.7. The molecule has 0 radical (unpaired) electrons. The van der Waals surface area contributed by atoms with E-state index in [0.29, 0.717) is 23.3 Å². The Morgan fingerprint density at radius 2 is 2.11 bits per heavy atom. The summed E-state index contributed by atoms with van der Waals surface area (Å²) in [6, 6.07) is 5.33. The van der Waals surface area contributed by atoms with Gasteiger partial charge in [0.2, 0.25) is 0 Å². The lowest BCUT2D eigenvalue weighted by Gasteiger charge is -2.31. The molecular formula is C14H20N2O2. The molecule has 1 saturated carbocycles. The quantitative estimate of drug-likeness (QED) is 0.719. The normalized spacial score (nSPS) is 23.6. The Morgan fingerprint density at radius 1 is 1.39 bits per heavy atom. The van der Waals surface area contributed by atoms with Crippen molar-refractivity contribution in [3.8, 4) is 0 Å². The van der Waals surface area contributed by atoms with Crippen molar-refractivity contribution in [2.75, 3.05) is 11.1 Å². The molecule has 1 aliphatic rings. The van der Waals surface area contributed by atoms with Gasteiger partial charge in [0.25, 0.3) is 0 Å². The van der Waals surface area contributed by atoms with Crippen molar-refractivity contribution in [2.24, 2.45) is 5.92 Å². The van der Waals surface area contributed by atoms with Gasteiger partial charge in [-0.05, 0) is 30.9 Å². The van der Waals surface area contributed by atoms with Crippen LogP contribution in [0.1, 0.15) is 43.0 Å². The molecule has 2 rings (SSSR count). The maximum atomic E-state index is 11.2. The van der Waals surface area contributed by atoms with Gasteiger partial charge in [0, 0.05) is 6.04 Å². The van der Waals surface area contributed by atoms with Crippen molar-refractivity contribution in [2.45, 2.75) is 38.6 Å². The third-order valence-corrected chi connectivity index (χ3v) is 3.77. The highest BCUT2D eigenvalue weighted by molar-refractivity contribution is 5.97. The van der Waals surface area contributed by atoms with Crippen LogP contribution in [0.5, 0.6) is 0 Å². The summed E-state index contributed by atoms with van der Waals surface area (Å²) in [7, 11) is 0. The number of carboxylic acids is 1. The number of benzene rings is 1. The molecule has 1 aliphatic carbocycles. The molecule has 0 spiro atoms. The van der Waals surface area contributed by atoms with Crippen LogP contribution in [0.15, 0.2) is 18.2 Å². The number of carbonyl (C=O) groups is 1. The standard InChI is InChI=1S/C14H20N2O2/c1-9-5-2-3-8-12(9)16-13-10(14(17)18)6-4-7-11(13)15/h4,6-7,9,12,16H,2-3,5,8,15H2,1H3,(H,17,18). The van der Waals surface area contributed by atoms with Gasteiger partial charge >= 0.3 is 5.97 Å². The first-order chi connectivity index (χ1) is 8.59. The fourth-order valence-electron chi connectivity index (χ4n) is 2.63. The van der Waals surface area contributed by atoms with Gasteiger partial charge in [0.1, 0.15) is 0 Å². The SMILES string of the molecule is CC1CCCCC1Nc1c(N)cccc1C(=O)O. The molecule has 98 valence electrons. The summed E-state index contributed by atoms with van der Waals surface area (Å²) in [5, 5.41) is 12.5. The number of nitrogen functional groups attached to an aromatic ring is 1. The number of nitrogens with two attached hydrogens (primary N) is 1. The Labute approximate surface area is 107 Å². The average Bonchev–Trinajstić information content (AvgIpc) is 2.34. The molecule has 4 nitrogen and oxygen atoms in total. The van der Waals surface area contributed by atoms with Gasteiger partial charge in [-0.3, -0.25) is 0 Å². The van der Waals surface area contributed by atoms with Crippen molar-refractivity contribution in [3.63, 3.8) is 0 Å². The van der Waals surface area contributed by atoms with Crippen molar-refractivity contribution >= 4 is 17.3 Å². The Morgan fingerprint density at radius 3 is 2.78 bits per heavy atom. The monoisotopic (exact) mass is 248 g/mol. The van der Waals surface area contributed by atoms with Crippen molar-refractivity contribution in [1.29, 1.82) is 0 Å². The van der Waals surface area contributed by atoms with Crippen LogP contribution < -0.4 is 11.1 Å². The minimum atomic E-state index is -0.937. The average molecular weight is 248 g/mol. The fourth-order valence-corrected chi connectivity index (χ4v) is 2.63. The van der Waals surface area contributed by atoms with Crippen LogP contribution in [0.25, 0.3) is 0 Å². The summed E-state index contributed by atoms with van der Waals surface area (Å²) in [5.74, 6) is -0.381. The minimum absolute atomic E-state index is 0.257. The third-order valence-electron chi connectivity index (χ3n) is 3.77. The number of rotatable bonds is 3. The Bertz CT molecular complexity index is 445. The number of anilines is 2. The van der Waals surface area contributed by atoms with Crippen molar-refractivity contribution < 1.29 is 9.90 Å². The largest absolute Gasteiger partial charge is 0.478 e. The fraction of sp³-hybridized carbons (Fsp3) is 0.500. The molecule has 18 heavy (non-hydrogen) atoms. The second-order valence-electron chi connectivity index (χ2n) is 5.09. The van der Waals surface area contributed by atoms with E-state index in [9.17, 15) is 9.90 Å². The molecule has 0 saturated heterocycles. The van der Waals surface area contributed by atoms with E-state index < -0.39 is 5.97 Å². The third kappa shape index (κ3) is 2.58. The molecule has 4 heteroatoms. The maximum Gasteiger partial charge on any atom is 0.337 e. The highest BCUT2D eigenvalue weighted by atomic mass is 16.4. The predicted molar refractivity (Wildman–Crippen MR) is 72.9 cm³/mol. The van der Waals surface area contributed by atoms with E-state index in [2.05, 4.69) is 12.2 Å². The number of para-hydroxylation sites is 1. The van der Waals surface area contributed by atoms with E-state index in [1.807, 2.05) is 0 Å². The van der Waals surface area contributed by atoms with Gasteiger partial charge in [-0.15, -0.1) is 0 Å². The molecule has 0 amide bonds. The predicted octanol–water partition coefficient (Wildman–Crippen LogP) is 2.96. The molecule has 4 N–H and O–H groups in total. The molecule has 0 bridgehead atoms. The molecule has 1 fully saturated rings. The molecule has 0 aromatic heterocycles. The number of hydrogen-bond acceptors (Lipinski definition) is 3. The number of hydrogen-bond donors (Lipinski definition) is 3. The summed E-state index contributed by atoms with van der Waals surface area (Å²) in [6.07, 6.45) is 4.72. The molecule has 2 atom stereocenters. The maximum absolute atomic E-state index is 11.2. The number of nitrogens with one attached hydrogen (secondary N) is 1. The highest BCUT2D eigenvalue weighted by Gasteiger charge is 2.23. The van der Waals surface area contributed by atoms with Crippen LogP contribution in [-0.4, -0.2) is 17.1 Å². The van der Waals surface area contributed by atoms with Crippen molar-refractivity contribution in [3.05, 3.63) is 23.8 Å². The lowest BCUT2D eigenvalue weighted by atomic mass is 9.85. The van der Waals surface area contributed by atoms with E-state index in [1.165, 1.54) is 19.3 Å². The van der Waals surface area contributed by atoms with E-state index in [0.717, 1.165) is 6.42 Å². The molecule has 2 unspecified atom stereocenters. The highest BCUT2D eigenvalue weighted by Crippen LogP contribution is 2.30. The van der Waals surface area contributed by atoms with Gasteiger partial charge in [-0.25, -0.2) is 4.79 Å².